The molecule has 6 nitrogen and oxygen atoms in total. The average molecular weight is 735 g/mol. The van der Waals surface area contributed by atoms with Crippen LogP contribution in [0, 0.1) is 0 Å². The number of carbonyl (C=O) groups excluding carboxylic acids is 3. The maximum atomic E-state index is 14.8. The summed E-state index contributed by atoms with van der Waals surface area (Å²) < 4.78 is 19.9. The van der Waals surface area contributed by atoms with E-state index in [0.717, 1.165) is 78.7 Å². The van der Waals surface area contributed by atoms with Gasteiger partial charge in [0.1, 0.15) is 0 Å². The number of hydrogen-bond donors (Lipinski definition) is 0. The molecular formula is C46H38O6Ti. The molecule has 262 valence electrons. The number of carbonyl (C=O) groups is 3. The van der Waals surface area contributed by atoms with Crippen molar-refractivity contribution in [3.8, 4) is 0 Å². The summed E-state index contributed by atoms with van der Waals surface area (Å²) >= 11 is -5.54. The van der Waals surface area contributed by atoms with E-state index in [2.05, 4.69) is 0 Å². The van der Waals surface area contributed by atoms with Gasteiger partial charge in [-0.3, -0.25) is 0 Å². The summed E-state index contributed by atoms with van der Waals surface area (Å²) in [6.45, 7) is 0. The normalized spacial score (nSPS) is 16.1. The standard InChI is InChI=1S/C13H17.3C11H8O2.Ti/c1-3-7-12-10(5-1)9-11-6-2-4-8-13(11)12;3*12-11(13)10-7-3-5-8-4-1-2-6-9(8)10;/h9H,1-8H2;3*1-7H,(H,12,13);/q;;;;+3/p-3. The Morgan fingerprint density at radius 2 is 0.736 bits per heavy atom. The van der Waals surface area contributed by atoms with E-state index in [9.17, 15) is 14.4 Å². The molecule has 0 saturated heterocycles. The van der Waals surface area contributed by atoms with Gasteiger partial charge in [-0.1, -0.05) is 0 Å². The van der Waals surface area contributed by atoms with E-state index < -0.39 is 39.9 Å². The molecule has 0 bridgehead atoms. The molecule has 53 heavy (non-hydrogen) atoms. The molecule has 9 rings (SSSR count). The average Bonchev–Trinajstić information content (AvgIpc) is 3.55. The zero-order valence-electron chi connectivity index (χ0n) is 29.3. The molecule has 0 aromatic heterocycles. The Labute approximate surface area is 312 Å². The fourth-order valence-corrected chi connectivity index (χ4v) is 13.6. The summed E-state index contributed by atoms with van der Waals surface area (Å²) in [4.78, 5) is 44.5. The monoisotopic (exact) mass is 734 g/mol. The van der Waals surface area contributed by atoms with E-state index in [0.29, 0.717) is 32.8 Å². The number of rotatable bonds is 7. The number of fused-ring (bicyclic) bond motifs is 4. The zero-order chi connectivity index (χ0) is 35.9. The number of allylic oxidation sites excluding steroid dienone is 4. The predicted molar refractivity (Wildman–Crippen MR) is 203 cm³/mol. The maximum absolute atomic E-state index is 14.8. The predicted octanol–water partition coefficient (Wildman–Crippen LogP) is 11.5. The van der Waals surface area contributed by atoms with Crippen LogP contribution in [0.3, 0.4) is 0 Å². The first-order valence-corrected chi connectivity index (χ1v) is 21.4. The third-order valence-corrected chi connectivity index (χ3v) is 15.6. The summed E-state index contributed by atoms with van der Waals surface area (Å²) in [5, 5.41) is 4.73. The van der Waals surface area contributed by atoms with Gasteiger partial charge in [0.25, 0.3) is 0 Å². The molecule has 6 aromatic rings. The Kier molecular flexibility index (Phi) is 8.81. The number of benzene rings is 6. The van der Waals surface area contributed by atoms with Crippen molar-refractivity contribution in [3.05, 3.63) is 166 Å². The van der Waals surface area contributed by atoms with Crippen LogP contribution in [0.15, 0.2) is 150 Å². The van der Waals surface area contributed by atoms with Crippen LogP contribution in [0.2, 0.25) is 4.22 Å². The summed E-state index contributed by atoms with van der Waals surface area (Å²) in [6, 6.07) is 39.3. The minimum atomic E-state index is -5.54. The van der Waals surface area contributed by atoms with Crippen LogP contribution in [0.5, 0.6) is 0 Å². The van der Waals surface area contributed by atoms with Crippen molar-refractivity contribution in [1.82, 2.24) is 0 Å². The van der Waals surface area contributed by atoms with Crippen molar-refractivity contribution in [1.29, 1.82) is 0 Å². The summed E-state index contributed by atoms with van der Waals surface area (Å²) in [6.07, 6.45) is 7.39. The third kappa shape index (κ3) is 6.00. The first-order chi connectivity index (χ1) is 26.0. The molecule has 0 saturated carbocycles. The van der Waals surface area contributed by atoms with Gasteiger partial charge in [-0.15, -0.1) is 0 Å². The molecule has 0 spiro atoms. The fraction of sp³-hybridized carbons (Fsp3) is 0.196. The van der Waals surface area contributed by atoms with Crippen molar-refractivity contribution < 1.29 is 42.1 Å². The quantitative estimate of drug-likeness (QED) is 0.152. The van der Waals surface area contributed by atoms with Gasteiger partial charge in [0.15, 0.2) is 0 Å². The second-order valence-corrected chi connectivity index (χ2v) is 17.9. The first kappa shape index (κ1) is 33.5. The molecule has 0 N–H and O–H groups in total. The molecule has 0 aliphatic heterocycles. The molecule has 0 heterocycles. The molecule has 0 fully saturated rings. The van der Waals surface area contributed by atoms with Crippen LogP contribution >= 0.6 is 0 Å². The molecule has 0 unspecified atom stereocenters. The van der Waals surface area contributed by atoms with Gasteiger partial charge in [-0.25, -0.2) is 0 Å². The molecule has 6 aromatic carbocycles. The van der Waals surface area contributed by atoms with E-state index in [4.69, 9.17) is 9.96 Å². The van der Waals surface area contributed by atoms with Crippen LogP contribution in [0.25, 0.3) is 32.3 Å². The number of hydrogen-bond acceptors (Lipinski definition) is 6. The Morgan fingerprint density at radius 1 is 0.415 bits per heavy atom. The van der Waals surface area contributed by atoms with Crippen LogP contribution in [-0.4, -0.2) is 17.9 Å². The molecule has 0 radical (unpaired) electrons. The topological polar surface area (TPSA) is 78.9 Å². The minimum absolute atomic E-state index is 0.328. The second-order valence-electron chi connectivity index (χ2n) is 14.2. The van der Waals surface area contributed by atoms with Gasteiger partial charge < -0.3 is 0 Å². The Bertz CT molecular complexity index is 2260. The summed E-state index contributed by atoms with van der Waals surface area (Å²) in [7, 11) is 0. The van der Waals surface area contributed by atoms with Gasteiger partial charge in [-0.2, -0.15) is 0 Å². The van der Waals surface area contributed by atoms with Crippen LogP contribution in [0.1, 0.15) is 82.4 Å². The SMILES string of the molecule is O=C([O][Ti]([O]C(=O)c1cccc2ccccc12)([O]C(=O)c1cccc2ccccc12)[CH]1C2=C(CCCC2)C2=C1CCCC2)c1cccc2ccccc12. The Hall–Kier alpha value is -5.30. The molecule has 0 amide bonds. The van der Waals surface area contributed by atoms with Gasteiger partial charge in [0.05, 0.1) is 0 Å². The summed E-state index contributed by atoms with van der Waals surface area (Å²) in [5.41, 5.74) is 5.79. The van der Waals surface area contributed by atoms with Crippen molar-refractivity contribution >= 4 is 50.2 Å². The van der Waals surface area contributed by atoms with Crippen LogP contribution in [0.4, 0.5) is 0 Å². The molecule has 3 aliphatic rings. The van der Waals surface area contributed by atoms with Gasteiger partial charge in [-0.05, 0) is 0 Å². The van der Waals surface area contributed by atoms with Gasteiger partial charge >= 0.3 is 314 Å². The van der Waals surface area contributed by atoms with Crippen molar-refractivity contribution in [2.24, 2.45) is 0 Å². The fourth-order valence-electron chi connectivity index (χ4n) is 8.82. The van der Waals surface area contributed by atoms with Gasteiger partial charge in [0, 0.05) is 0 Å². The van der Waals surface area contributed by atoms with Crippen molar-refractivity contribution in [2.45, 2.75) is 55.6 Å². The molecular weight excluding hydrogens is 696 g/mol. The Balaban J connectivity index is 1.26. The van der Waals surface area contributed by atoms with E-state index in [1.807, 2.05) is 109 Å². The second kappa shape index (κ2) is 13.9. The van der Waals surface area contributed by atoms with Crippen LogP contribution < -0.4 is 0 Å². The molecule has 3 aliphatic carbocycles. The van der Waals surface area contributed by atoms with E-state index in [1.54, 1.807) is 18.2 Å². The summed E-state index contributed by atoms with van der Waals surface area (Å²) in [5.74, 6) is -2.00. The van der Waals surface area contributed by atoms with E-state index in [1.165, 1.54) is 11.1 Å². The zero-order valence-corrected chi connectivity index (χ0v) is 30.9. The third-order valence-electron chi connectivity index (χ3n) is 11.2. The Morgan fingerprint density at radius 3 is 1.11 bits per heavy atom. The van der Waals surface area contributed by atoms with E-state index >= 15 is 0 Å². The molecule has 0 atom stereocenters. The molecule has 7 heteroatoms. The van der Waals surface area contributed by atoms with Gasteiger partial charge in [0.2, 0.25) is 0 Å². The van der Waals surface area contributed by atoms with E-state index in [-0.39, 0.29) is 0 Å². The van der Waals surface area contributed by atoms with Crippen LogP contribution in [-0.2, 0) is 27.7 Å². The first-order valence-electron chi connectivity index (χ1n) is 18.6. The van der Waals surface area contributed by atoms with Crippen molar-refractivity contribution in [2.75, 3.05) is 0 Å². The van der Waals surface area contributed by atoms with Crippen molar-refractivity contribution in [3.63, 3.8) is 0 Å².